The Labute approximate surface area is 141 Å². The van der Waals surface area contributed by atoms with Crippen LogP contribution in [-0.2, 0) is 0 Å². The van der Waals surface area contributed by atoms with E-state index in [0.717, 1.165) is 31.6 Å². The summed E-state index contributed by atoms with van der Waals surface area (Å²) < 4.78 is 0. The molecule has 0 bridgehead atoms. The van der Waals surface area contributed by atoms with Gasteiger partial charge in [-0.3, -0.25) is 0 Å². The van der Waals surface area contributed by atoms with Crippen LogP contribution in [0.3, 0.4) is 0 Å². The van der Waals surface area contributed by atoms with Crippen molar-refractivity contribution in [2.75, 3.05) is 0 Å². The van der Waals surface area contributed by atoms with Crippen molar-refractivity contribution in [3.05, 3.63) is 77.0 Å². The summed E-state index contributed by atoms with van der Waals surface area (Å²) >= 11 is 1.54. The first-order chi connectivity index (χ1) is 11.7. The number of pyridine rings is 2. The molecule has 2 heterocycles. The number of nitrogens with zero attached hydrogens (tertiary/aromatic N) is 3. The van der Waals surface area contributed by atoms with Gasteiger partial charge in [0.1, 0.15) is 0 Å². The van der Waals surface area contributed by atoms with Gasteiger partial charge >= 0.3 is 5.82 Å². The lowest BCUT2D eigenvalue weighted by Crippen LogP contribution is -1.91. The Hall–Kier alpha value is -2.99. The Balaban J connectivity index is 1.88. The van der Waals surface area contributed by atoms with Gasteiger partial charge in [0.2, 0.25) is 0 Å². The fourth-order valence-corrected chi connectivity index (χ4v) is 3.61. The zero-order valence-corrected chi connectivity index (χ0v) is 13.2. The molecule has 0 amide bonds. The Morgan fingerprint density at radius 2 is 1.50 bits per heavy atom. The van der Waals surface area contributed by atoms with Crippen LogP contribution in [0.25, 0.3) is 21.8 Å². The number of rotatable bonds is 3. The highest BCUT2D eigenvalue weighted by molar-refractivity contribution is 7.99. The van der Waals surface area contributed by atoms with E-state index in [1.54, 1.807) is 17.8 Å². The molecule has 4 rings (SSSR count). The van der Waals surface area contributed by atoms with E-state index in [0.29, 0.717) is 0 Å². The maximum absolute atomic E-state index is 10.7. The lowest BCUT2D eigenvalue weighted by molar-refractivity contribution is -0.389. The average molecular weight is 333 g/mol. The van der Waals surface area contributed by atoms with Crippen molar-refractivity contribution in [3.63, 3.8) is 0 Å². The standard InChI is InChI=1S/C18H11N3O2S/c22-21(23)17-10-9-12(11-19-17)24-18-13-5-1-3-7-15(13)20-16-8-4-2-6-14(16)18/h1-11H. The molecule has 116 valence electrons. The van der Waals surface area contributed by atoms with Crippen molar-refractivity contribution in [1.29, 1.82) is 0 Å². The lowest BCUT2D eigenvalue weighted by atomic mass is 10.1. The highest BCUT2D eigenvalue weighted by atomic mass is 32.2. The van der Waals surface area contributed by atoms with Crippen molar-refractivity contribution >= 4 is 39.4 Å². The van der Waals surface area contributed by atoms with Gasteiger partial charge < -0.3 is 10.1 Å². The summed E-state index contributed by atoms with van der Waals surface area (Å²) in [5, 5.41) is 12.9. The van der Waals surface area contributed by atoms with Gasteiger partial charge in [0.05, 0.1) is 15.9 Å². The van der Waals surface area contributed by atoms with Crippen LogP contribution < -0.4 is 0 Å². The van der Waals surface area contributed by atoms with E-state index in [2.05, 4.69) is 4.98 Å². The van der Waals surface area contributed by atoms with Crippen molar-refractivity contribution in [3.8, 4) is 0 Å². The molecule has 6 heteroatoms. The van der Waals surface area contributed by atoms with E-state index in [-0.39, 0.29) is 5.82 Å². The summed E-state index contributed by atoms with van der Waals surface area (Å²) in [7, 11) is 0. The summed E-state index contributed by atoms with van der Waals surface area (Å²) in [4.78, 5) is 20.8. The molecule has 0 unspecified atom stereocenters. The van der Waals surface area contributed by atoms with Crippen LogP contribution in [0, 0.1) is 10.1 Å². The second kappa shape index (κ2) is 5.90. The van der Waals surface area contributed by atoms with E-state index in [1.165, 1.54) is 12.3 Å². The number of hydrogen-bond acceptors (Lipinski definition) is 5. The van der Waals surface area contributed by atoms with E-state index in [4.69, 9.17) is 4.98 Å². The number of aromatic nitrogens is 2. The largest absolute Gasteiger partial charge is 0.363 e. The van der Waals surface area contributed by atoms with E-state index in [1.807, 2.05) is 48.5 Å². The fourth-order valence-electron chi connectivity index (χ4n) is 2.57. The molecule has 0 N–H and O–H groups in total. The second-order valence-corrected chi connectivity index (χ2v) is 6.27. The SMILES string of the molecule is O=[N+]([O-])c1ccc(Sc2c3ccccc3nc3ccccc23)cn1. The average Bonchev–Trinajstić information content (AvgIpc) is 2.62. The van der Waals surface area contributed by atoms with Gasteiger partial charge in [0.15, 0.2) is 6.20 Å². The Kier molecular flexibility index (Phi) is 3.59. The van der Waals surface area contributed by atoms with E-state index in [9.17, 15) is 10.1 Å². The van der Waals surface area contributed by atoms with Crippen LogP contribution in [0.4, 0.5) is 5.82 Å². The maximum atomic E-state index is 10.7. The van der Waals surface area contributed by atoms with Gasteiger partial charge in [0, 0.05) is 21.7 Å². The fraction of sp³-hybridized carbons (Fsp3) is 0. The van der Waals surface area contributed by atoms with Crippen molar-refractivity contribution in [1.82, 2.24) is 9.97 Å². The molecule has 0 aliphatic rings. The molecular formula is C18H11N3O2S. The Morgan fingerprint density at radius 3 is 2.04 bits per heavy atom. The molecule has 0 aliphatic heterocycles. The van der Waals surface area contributed by atoms with Gasteiger partial charge in [-0.25, -0.2) is 4.98 Å². The molecule has 0 spiro atoms. The monoisotopic (exact) mass is 333 g/mol. The number of nitro groups is 1. The lowest BCUT2D eigenvalue weighted by Gasteiger charge is -2.09. The molecular weight excluding hydrogens is 322 g/mol. The third-order valence-electron chi connectivity index (χ3n) is 3.67. The molecule has 0 radical (unpaired) electrons. The molecule has 24 heavy (non-hydrogen) atoms. The summed E-state index contributed by atoms with van der Waals surface area (Å²) in [6.45, 7) is 0. The van der Waals surface area contributed by atoms with Gasteiger partial charge in [-0.2, -0.15) is 0 Å². The molecule has 0 fully saturated rings. The molecule has 5 nitrogen and oxygen atoms in total. The van der Waals surface area contributed by atoms with Crippen LogP contribution in [0.2, 0.25) is 0 Å². The van der Waals surface area contributed by atoms with Gasteiger partial charge in [-0.15, -0.1) is 0 Å². The third kappa shape index (κ3) is 2.57. The minimum Gasteiger partial charge on any atom is -0.358 e. The minimum absolute atomic E-state index is 0.149. The van der Waals surface area contributed by atoms with E-state index >= 15 is 0 Å². The summed E-state index contributed by atoms with van der Waals surface area (Å²) in [5.74, 6) is -0.149. The van der Waals surface area contributed by atoms with Crippen LogP contribution >= 0.6 is 11.8 Å². The predicted octanol–water partition coefficient (Wildman–Crippen LogP) is 4.84. The highest BCUT2D eigenvalue weighted by Crippen LogP contribution is 2.38. The van der Waals surface area contributed by atoms with Crippen LogP contribution in [-0.4, -0.2) is 14.9 Å². The normalized spacial score (nSPS) is 11.0. The van der Waals surface area contributed by atoms with Crippen molar-refractivity contribution < 1.29 is 4.92 Å². The van der Waals surface area contributed by atoms with Crippen molar-refractivity contribution in [2.45, 2.75) is 9.79 Å². The quantitative estimate of drug-likeness (QED) is 0.305. The molecule has 0 aliphatic carbocycles. The highest BCUT2D eigenvalue weighted by Gasteiger charge is 2.12. The molecule has 0 atom stereocenters. The Morgan fingerprint density at radius 1 is 0.875 bits per heavy atom. The number of fused-ring (bicyclic) bond motifs is 2. The second-order valence-electron chi connectivity index (χ2n) is 5.19. The van der Waals surface area contributed by atoms with Gasteiger partial charge in [-0.1, -0.05) is 48.2 Å². The van der Waals surface area contributed by atoms with Crippen molar-refractivity contribution in [2.24, 2.45) is 0 Å². The first-order valence-corrected chi connectivity index (χ1v) is 8.10. The third-order valence-corrected chi connectivity index (χ3v) is 4.79. The number of para-hydroxylation sites is 2. The molecule has 4 aromatic rings. The van der Waals surface area contributed by atoms with Gasteiger partial charge in [-0.05, 0) is 28.1 Å². The minimum atomic E-state index is -0.494. The first kappa shape index (κ1) is 14.6. The summed E-state index contributed by atoms with van der Waals surface area (Å²) in [6.07, 6.45) is 1.53. The topological polar surface area (TPSA) is 68.9 Å². The van der Waals surface area contributed by atoms with Crippen LogP contribution in [0.15, 0.2) is 76.7 Å². The predicted molar refractivity (Wildman–Crippen MR) is 94.3 cm³/mol. The zero-order chi connectivity index (χ0) is 16.5. The smallest absolute Gasteiger partial charge is 0.358 e. The number of benzene rings is 2. The van der Waals surface area contributed by atoms with E-state index < -0.39 is 4.92 Å². The zero-order valence-electron chi connectivity index (χ0n) is 12.4. The molecule has 2 aromatic carbocycles. The van der Waals surface area contributed by atoms with Gasteiger partial charge in [0.25, 0.3) is 0 Å². The van der Waals surface area contributed by atoms with Crippen LogP contribution in [0.5, 0.6) is 0 Å². The molecule has 2 aromatic heterocycles. The molecule has 0 saturated carbocycles. The first-order valence-electron chi connectivity index (χ1n) is 7.28. The summed E-state index contributed by atoms with van der Waals surface area (Å²) in [6, 6.07) is 19.1. The number of hydrogen-bond donors (Lipinski definition) is 0. The summed E-state index contributed by atoms with van der Waals surface area (Å²) in [5.41, 5.74) is 1.85. The maximum Gasteiger partial charge on any atom is 0.363 e. The Bertz CT molecular complexity index is 1010. The van der Waals surface area contributed by atoms with Crippen LogP contribution in [0.1, 0.15) is 0 Å². The molecule has 0 saturated heterocycles.